The van der Waals surface area contributed by atoms with Gasteiger partial charge in [-0.2, -0.15) is 0 Å². The van der Waals surface area contributed by atoms with Crippen LogP contribution in [0.2, 0.25) is 0 Å². The van der Waals surface area contributed by atoms with Crippen LogP contribution in [-0.4, -0.2) is 81.0 Å². The minimum absolute atomic E-state index is 0.0721. The van der Waals surface area contributed by atoms with E-state index in [4.69, 9.17) is 19.6 Å². The lowest BCUT2D eigenvalue weighted by atomic mass is 10.0. The number of nitrogens with zero attached hydrogens (tertiary/aromatic N) is 3. The van der Waals surface area contributed by atoms with Crippen LogP contribution in [0.15, 0.2) is 35.2 Å². The molecule has 2 N–H and O–H groups in total. The summed E-state index contributed by atoms with van der Waals surface area (Å²) in [7, 11) is -4.07. The van der Waals surface area contributed by atoms with E-state index in [1.807, 2.05) is 11.0 Å². The maximum absolute atomic E-state index is 14.6. The van der Waals surface area contributed by atoms with Gasteiger partial charge in [-0.15, -0.1) is 0 Å². The molecule has 0 bridgehead atoms. The van der Waals surface area contributed by atoms with Crippen molar-refractivity contribution in [1.82, 2.24) is 14.8 Å². The molecule has 214 valence electrons. The molecule has 1 aliphatic carbocycles. The van der Waals surface area contributed by atoms with Crippen molar-refractivity contribution in [3.8, 4) is 5.88 Å². The highest BCUT2D eigenvalue weighted by molar-refractivity contribution is 7.89. The van der Waals surface area contributed by atoms with Crippen LogP contribution in [0.3, 0.4) is 0 Å². The number of amides is 2. The Balaban J connectivity index is 1.10. The van der Waals surface area contributed by atoms with E-state index in [1.54, 1.807) is 11.0 Å². The van der Waals surface area contributed by atoms with Crippen molar-refractivity contribution in [3.05, 3.63) is 53.0 Å². The average molecular weight is 573 g/mol. The molecule has 1 aromatic carbocycles. The predicted octanol–water partition coefficient (Wildman–Crippen LogP) is 2.40. The summed E-state index contributed by atoms with van der Waals surface area (Å²) in [6.45, 7) is 3.83. The first-order chi connectivity index (χ1) is 19.2. The monoisotopic (exact) mass is 572 g/mol. The number of benzene rings is 1. The summed E-state index contributed by atoms with van der Waals surface area (Å²) >= 11 is 0. The molecule has 2 amide bonds. The number of hydrogen-bond acceptors (Lipinski definition) is 7. The summed E-state index contributed by atoms with van der Waals surface area (Å²) in [4.78, 5) is 34.3. The SMILES string of the molecule is NS(=O)(=O)c1ccc(C(=O)N2CC3CN(C(=O)c4cc(OCC5CCOCC5)nc(C5CC5)c4)C[C@@H]3C2)c(F)c1. The summed E-state index contributed by atoms with van der Waals surface area (Å²) in [6.07, 6.45) is 4.04. The lowest BCUT2D eigenvalue weighted by molar-refractivity contribution is 0.0490. The number of ether oxygens (including phenoxy) is 2. The smallest absolute Gasteiger partial charge is 0.256 e. The van der Waals surface area contributed by atoms with Crippen LogP contribution in [0.5, 0.6) is 5.88 Å². The second kappa shape index (κ2) is 10.7. The van der Waals surface area contributed by atoms with E-state index in [0.29, 0.717) is 56.1 Å². The molecule has 12 heteroatoms. The molecule has 4 fully saturated rings. The van der Waals surface area contributed by atoms with Crippen molar-refractivity contribution in [2.75, 3.05) is 46.0 Å². The Hall–Kier alpha value is -3.09. The van der Waals surface area contributed by atoms with Crippen LogP contribution in [0, 0.1) is 23.6 Å². The minimum Gasteiger partial charge on any atom is -0.477 e. The van der Waals surface area contributed by atoms with Gasteiger partial charge in [0.15, 0.2) is 0 Å². The number of halogens is 1. The van der Waals surface area contributed by atoms with Gasteiger partial charge in [-0.05, 0) is 55.9 Å². The molecule has 4 aliphatic rings. The van der Waals surface area contributed by atoms with Crippen LogP contribution >= 0.6 is 0 Å². The van der Waals surface area contributed by atoms with Gasteiger partial charge in [0.05, 0.1) is 17.1 Å². The third-order valence-corrected chi connectivity index (χ3v) is 9.34. The first kappa shape index (κ1) is 27.1. The topological polar surface area (TPSA) is 132 Å². The minimum atomic E-state index is -4.07. The van der Waals surface area contributed by atoms with Gasteiger partial charge >= 0.3 is 0 Å². The standard InChI is InChI=1S/C28H33FN4O6S/c29-24-11-22(40(30,36)37)3-4-23(24)28(35)33-14-20-12-32(13-21(20)15-33)27(34)19-9-25(18-1-2-18)31-26(10-19)39-16-17-5-7-38-8-6-17/h3-4,9-11,17-18,20-21H,1-2,5-8,12-16H2,(H2,30,36,37)/t20-,21?/m1/s1. The number of fused-ring (bicyclic) bond motifs is 1. The molecule has 1 unspecified atom stereocenters. The lowest BCUT2D eigenvalue weighted by Crippen LogP contribution is -2.36. The maximum atomic E-state index is 14.6. The summed E-state index contributed by atoms with van der Waals surface area (Å²) in [5.74, 6) is -0.0620. The highest BCUT2D eigenvalue weighted by Crippen LogP contribution is 2.40. The number of carbonyl (C=O) groups is 2. The number of rotatable bonds is 7. The van der Waals surface area contributed by atoms with E-state index in [2.05, 4.69) is 0 Å². The number of primary sulfonamides is 1. The van der Waals surface area contributed by atoms with Gasteiger partial charge in [-0.1, -0.05) is 0 Å². The van der Waals surface area contributed by atoms with E-state index < -0.39 is 21.7 Å². The molecule has 3 aliphatic heterocycles. The number of carbonyl (C=O) groups excluding carboxylic acids is 2. The van der Waals surface area contributed by atoms with Crippen molar-refractivity contribution in [3.63, 3.8) is 0 Å². The fourth-order valence-corrected chi connectivity index (χ4v) is 6.48. The molecule has 0 radical (unpaired) electrons. The molecular weight excluding hydrogens is 539 g/mol. The van der Waals surface area contributed by atoms with Crippen molar-refractivity contribution in [2.45, 2.75) is 36.5 Å². The Morgan fingerprint density at radius 2 is 1.62 bits per heavy atom. The highest BCUT2D eigenvalue weighted by atomic mass is 32.2. The Bertz CT molecular complexity index is 1410. The molecule has 1 saturated carbocycles. The summed E-state index contributed by atoms with van der Waals surface area (Å²) in [6, 6.07) is 6.69. The molecule has 6 rings (SSSR count). The van der Waals surface area contributed by atoms with Crippen LogP contribution in [0.4, 0.5) is 4.39 Å². The zero-order valence-electron chi connectivity index (χ0n) is 22.1. The molecule has 0 spiro atoms. The number of aromatic nitrogens is 1. The molecule has 4 heterocycles. The molecule has 2 aromatic rings. The van der Waals surface area contributed by atoms with Gasteiger partial charge < -0.3 is 19.3 Å². The Morgan fingerprint density at radius 1 is 0.975 bits per heavy atom. The quantitative estimate of drug-likeness (QED) is 0.539. The third-order valence-electron chi connectivity index (χ3n) is 8.43. The van der Waals surface area contributed by atoms with Gasteiger partial charge in [0.25, 0.3) is 11.8 Å². The third kappa shape index (κ3) is 5.70. The second-order valence-corrected chi connectivity index (χ2v) is 12.9. The summed E-state index contributed by atoms with van der Waals surface area (Å²) < 4.78 is 49.0. The predicted molar refractivity (Wildman–Crippen MR) is 142 cm³/mol. The summed E-state index contributed by atoms with van der Waals surface area (Å²) in [5.41, 5.74) is 1.28. The number of likely N-dealkylation sites (tertiary alicyclic amines) is 2. The van der Waals surface area contributed by atoms with Crippen molar-refractivity contribution < 1.29 is 31.9 Å². The van der Waals surface area contributed by atoms with Crippen LogP contribution in [0.25, 0.3) is 0 Å². The van der Waals surface area contributed by atoms with E-state index in [-0.39, 0.29) is 28.2 Å². The fourth-order valence-electron chi connectivity index (χ4n) is 5.95. The normalized spacial score (nSPS) is 23.4. The Kier molecular flexibility index (Phi) is 7.26. The molecule has 1 aromatic heterocycles. The Labute approximate surface area is 232 Å². The first-order valence-electron chi connectivity index (χ1n) is 13.8. The zero-order valence-corrected chi connectivity index (χ0v) is 22.9. The molecular formula is C28H33FN4O6S. The van der Waals surface area contributed by atoms with Crippen molar-refractivity contribution >= 4 is 21.8 Å². The second-order valence-electron chi connectivity index (χ2n) is 11.4. The number of sulfonamides is 1. The largest absolute Gasteiger partial charge is 0.477 e. The highest BCUT2D eigenvalue weighted by Gasteiger charge is 2.44. The molecule has 3 saturated heterocycles. The van der Waals surface area contributed by atoms with Crippen LogP contribution in [-0.2, 0) is 14.8 Å². The average Bonchev–Trinajstić information content (AvgIpc) is 3.60. The Morgan fingerprint density at radius 3 is 2.23 bits per heavy atom. The first-order valence-corrected chi connectivity index (χ1v) is 15.3. The maximum Gasteiger partial charge on any atom is 0.256 e. The van der Waals surface area contributed by atoms with Gasteiger partial charge in [0, 0.05) is 74.5 Å². The fraction of sp³-hybridized carbons (Fsp3) is 0.536. The lowest BCUT2D eigenvalue weighted by Gasteiger charge is -2.23. The summed E-state index contributed by atoms with van der Waals surface area (Å²) in [5, 5.41) is 5.06. The van der Waals surface area contributed by atoms with Crippen LogP contribution in [0.1, 0.15) is 58.0 Å². The van der Waals surface area contributed by atoms with E-state index in [1.165, 1.54) is 0 Å². The van der Waals surface area contributed by atoms with Gasteiger partial charge in [0.1, 0.15) is 5.82 Å². The van der Waals surface area contributed by atoms with E-state index >= 15 is 0 Å². The van der Waals surface area contributed by atoms with Gasteiger partial charge in [0.2, 0.25) is 15.9 Å². The molecule has 10 nitrogen and oxygen atoms in total. The molecule has 2 atom stereocenters. The zero-order chi connectivity index (χ0) is 28.0. The molecule has 40 heavy (non-hydrogen) atoms. The van der Waals surface area contributed by atoms with E-state index in [0.717, 1.165) is 62.8 Å². The van der Waals surface area contributed by atoms with Gasteiger partial charge in [-0.3, -0.25) is 9.59 Å². The van der Waals surface area contributed by atoms with E-state index in [9.17, 15) is 22.4 Å². The number of pyridine rings is 1. The van der Waals surface area contributed by atoms with Crippen LogP contribution < -0.4 is 9.88 Å². The number of hydrogen-bond donors (Lipinski definition) is 1. The van der Waals surface area contributed by atoms with Crippen molar-refractivity contribution in [2.24, 2.45) is 22.9 Å². The van der Waals surface area contributed by atoms with Gasteiger partial charge in [-0.25, -0.2) is 22.9 Å². The number of nitrogens with two attached hydrogens (primary N) is 1. The van der Waals surface area contributed by atoms with Crippen molar-refractivity contribution in [1.29, 1.82) is 0 Å².